The number of ether oxygens (including phenoxy) is 1. The molecule has 7 heteroatoms. The zero-order chi connectivity index (χ0) is 22.2. The average Bonchev–Trinajstić information content (AvgIpc) is 2.76. The van der Waals surface area contributed by atoms with Gasteiger partial charge in [-0.3, -0.25) is 9.59 Å². The third kappa shape index (κ3) is 6.06. The van der Waals surface area contributed by atoms with E-state index in [2.05, 4.69) is 17.2 Å². The highest BCUT2D eigenvalue weighted by Crippen LogP contribution is 2.18. The summed E-state index contributed by atoms with van der Waals surface area (Å²) in [4.78, 5) is 27.3. The molecule has 0 radical (unpaired) electrons. The summed E-state index contributed by atoms with van der Waals surface area (Å²) < 4.78 is 19.6. The summed E-state index contributed by atoms with van der Waals surface area (Å²) in [5.41, 5.74) is 1.27. The lowest BCUT2D eigenvalue weighted by molar-refractivity contribution is 0.0776. The molecule has 2 aromatic rings. The van der Waals surface area contributed by atoms with Gasteiger partial charge in [-0.05, 0) is 48.7 Å². The van der Waals surface area contributed by atoms with E-state index in [-0.39, 0.29) is 32.1 Å². The number of fused-ring (bicyclic) bond motifs is 4. The van der Waals surface area contributed by atoms with Gasteiger partial charge in [-0.1, -0.05) is 24.8 Å². The molecule has 0 aromatic heterocycles. The molecule has 4 bridgehead atoms. The number of carbonyl (C=O) groups is 2. The second kappa shape index (κ2) is 10.6. The molecule has 2 N–H and O–H groups in total. The molecule has 162 valence electrons. The third-order valence-electron chi connectivity index (χ3n) is 4.83. The molecule has 0 saturated heterocycles. The Morgan fingerprint density at radius 2 is 2.00 bits per heavy atom. The number of halogens is 1. The molecular formula is C24H25FN2O4. The van der Waals surface area contributed by atoms with Gasteiger partial charge in [0.25, 0.3) is 11.8 Å². The topological polar surface area (TPSA) is 78.9 Å². The SMILES string of the molecule is CCCN1CC#CCOc2cc(F)cc(c2)C[C@@H](CO)NC(=O)c2cccc(c2)C1=O. The van der Waals surface area contributed by atoms with Gasteiger partial charge in [0.1, 0.15) is 18.2 Å². The van der Waals surface area contributed by atoms with Gasteiger partial charge in [-0.15, -0.1) is 0 Å². The van der Waals surface area contributed by atoms with E-state index in [1.807, 2.05) is 6.92 Å². The molecule has 3 rings (SSSR count). The summed E-state index contributed by atoms with van der Waals surface area (Å²) in [6.45, 7) is 2.42. The second-order valence-corrected chi connectivity index (χ2v) is 7.30. The average molecular weight is 424 g/mol. The Labute approximate surface area is 181 Å². The monoisotopic (exact) mass is 424 g/mol. The molecule has 31 heavy (non-hydrogen) atoms. The zero-order valence-corrected chi connectivity index (χ0v) is 17.4. The van der Waals surface area contributed by atoms with E-state index in [0.29, 0.717) is 29.0 Å². The fraction of sp³-hybridized carbons (Fsp3) is 0.333. The van der Waals surface area contributed by atoms with Crippen LogP contribution in [0.5, 0.6) is 5.75 Å². The van der Waals surface area contributed by atoms with Crippen LogP contribution in [-0.2, 0) is 6.42 Å². The molecule has 6 nitrogen and oxygen atoms in total. The van der Waals surface area contributed by atoms with Gasteiger partial charge in [-0.25, -0.2) is 4.39 Å². The number of benzene rings is 2. The van der Waals surface area contributed by atoms with E-state index >= 15 is 0 Å². The maximum atomic E-state index is 14.0. The van der Waals surface area contributed by atoms with Crippen molar-refractivity contribution in [2.75, 3.05) is 26.3 Å². The summed E-state index contributed by atoms with van der Waals surface area (Å²) >= 11 is 0. The Morgan fingerprint density at radius 3 is 2.77 bits per heavy atom. The van der Waals surface area contributed by atoms with Crippen LogP contribution in [-0.4, -0.2) is 54.2 Å². The van der Waals surface area contributed by atoms with Crippen molar-refractivity contribution < 1.29 is 23.8 Å². The number of hydrogen-bond acceptors (Lipinski definition) is 4. The number of nitrogens with zero attached hydrogens (tertiary/aromatic N) is 1. The number of hydrogen-bond donors (Lipinski definition) is 2. The van der Waals surface area contributed by atoms with Crippen LogP contribution in [0, 0.1) is 17.7 Å². The van der Waals surface area contributed by atoms with Crippen molar-refractivity contribution in [2.45, 2.75) is 25.8 Å². The van der Waals surface area contributed by atoms with Gasteiger partial charge in [-0.2, -0.15) is 0 Å². The van der Waals surface area contributed by atoms with Crippen molar-refractivity contribution in [1.82, 2.24) is 10.2 Å². The first-order chi connectivity index (χ1) is 15.0. The van der Waals surface area contributed by atoms with Crippen LogP contribution >= 0.6 is 0 Å². The summed E-state index contributed by atoms with van der Waals surface area (Å²) in [6.07, 6.45) is 0.972. The van der Waals surface area contributed by atoms with E-state index in [9.17, 15) is 19.1 Å². The third-order valence-corrected chi connectivity index (χ3v) is 4.83. The predicted octanol–water partition coefficient (Wildman–Crippen LogP) is 2.41. The highest BCUT2D eigenvalue weighted by atomic mass is 19.1. The van der Waals surface area contributed by atoms with Gasteiger partial charge >= 0.3 is 0 Å². The minimum Gasteiger partial charge on any atom is -0.481 e. The van der Waals surface area contributed by atoms with E-state index in [1.165, 1.54) is 18.2 Å². The number of nitrogens with one attached hydrogen (secondary N) is 1. The van der Waals surface area contributed by atoms with Crippen molar-refractivity contribution >= 4 is 11.8 Å². The smallest absolute Gasteiger partial charge is 0.254 e. The van der Waals surface area contributed by atoms with Crippen LogP contribution in [0.25, 0.3) is 0 Å². The molecule has 0 fully saturated rings. The van der Waals surface area contributed by atoms with Gasteiger partial charge in [0.2, 0.25) is 0 Å². The number of rotatable bonds is 3. The number of carbonyl (C=O) groups excluding carboxylic acids is 2. The van der Waals surface area contributed by atoms with Crippen molar-refractivity contribution in [3.8, 4) is 17.6 Å². The number of amides is 2. The first kappa shape index (κ1) is 22.3. The van der Waals surface area contributed by atoms with Gasteiger partial charge in [0.15, 0.2) is 0 Å². The minimum absolute atomic E-state index is 0.0483. The van der Waals surface area contributed by atoms with Crippen molar-refractivity contribution in [3.63, 3.8) is 0 Å². The summed E-state index contributed by atoms with van der Waals surface area (Å²) in [6, 6.07) is 10.1. The van der Waals surface area contributed by atoms with Crippen LogP contribution in [0.1, 0.15) is 39.6 Å². The van der Waals surface area contributed by atoms with Gasteiger partial charge < -0.3 is 20.1 Å². The van der Waals surface area contributed by atoms with E-state index < -0.39 is 17.8 Å². The number of aliphatic hydroxyl groups excluding tert-OH is 1. The van der Waals surface area contributed by atoms with Crippen LogP contribution in [0.15, 0.2) is 42.5 Å². The summed E-state index contributed by atoms with van der Waals surface area (Å²) in [5, 5.41) is 12.5. The molecule has 1 heterocycles. The highest BCUT2D eigenvalue weighted by Gasteiger charge is 2.18. The predicted molar refractivity (Wildman–Crippen MR) is 114 cm³/mol. The Balaban J connectivity index is 1.96. The molecule has 0 spiro atoms. The van der Waals surface area contributed by atoms with Gasteiger partial charge in [0.05, 0.1) is 19.2 Å². The fourth-order valence-electron chi connectivity index (χ4n) is 3.36. The molecule has 1 aliphatic heterocycles. The van der Waals surface area contributed by atoms with E-state index in [4.69, 9.17) is 4.74 Å². The Kier molecular flexibility index (Phi) is 7.63. The first-order valence-electron chi connectivity index (χ1n) is 10.2. The van der Waals surface area contributed by atoms with Crippen LogP contribution in [0.2, 0.25) is 0 Å². The lowest BCUT2D eigenvalue weighted by Gasteiger charge is -2.20. The minimum atomic E-state index is -0.631. The van der Waals surface area contributed by atoms with Crippen molar-refractivity contribution in [3.05, 3.63) is 65.0 Å². The molecule has 0 unspecified atom stereocenters. The Morgan fingerprint density at radius 1 is 1.19 bits per heavy atom. The molecular weight excluding hydrogens is 399 g/mol. The molecule has 2 aromatic carbocycles. The fourth-order valence-corrected chi connectivity index (χ4v) is 3.36. The van der Waals surface area contributed by atoms with E-state index in [1.54, 1.807) is 29.2 Å². The molecule has 0 aliphatic carbocycles. The number of aliphatic hydroxyl groups is 1. The molecule has 2 amide bonds. The lowest BCUT2D eigenvalue weighted by Crippen LogP contribution is -2.39. The Hall–Kier alpha value is -3.37. The maximum absolute atomic E-state index is 14.0. The maximum Gasteiger partial charge on any atom is 0.254 e. The second-order valence-electron chi connectivity index (χ2n) is 7.30. The van der Waals surface area contributed by atoms with Crippen LogP contribution in [0.3, 0.4) is 0 Å². The van der Waals surface area contributed by atoms with Crippen molar-refractivity contribution in [1.29, 1.82) is 0 Å². The van der Waals surface area contributed by atoms with E-state index in [0.717, 1.165) is 6.42 Å². The standard InChI is InChI=1S/C24H25FN2O4/c1-2-8-27-9-3-4-10-31-22-13-17(11-20(25)15-22)12-21(16-28)26-23(29)18-6-5-7-19(14-18)24(27)30/h5-7,11,13-15,21,28H,2,8-10,12,16H2,1H3,(H,26,29)/t21-/m0/s1. The quantitative estimate of drug-likeness (QED) is 0.742. The normalized spacial score (nSPS) is 17.1. The summed E-state index contributed by atoms with van der Waals surface area (Å²) in [7, 11) is 0. The van der Waals surface area contributed by atoms with Crippen LogP contribution < -0.4 is 10.1 Å². The van der Waals surface area contributed by atoms with Crippen LogP contribution in [0.4, 0.5) is 4.39 Å². The first-order valence-corrected chi connectivity index (χ1v) is 10.2. The largest absolute Gasteiger partial charge is 0.481 e. The zero-order valence-electron chi connectivity index (χ0n) is 17.4. The molecule has 0 saturated carbocycles. The molecule has 1 atom stereocenters. The Bertz CT molecular complexity index is 1010. The highest BCUT2D eigenvalue weighted by molar-refractivity contribution is 5.99. The lowest BCUT2D eigenvalue weighted by atomic mass is 10.0. The summed E-state index contributed by atoms with van der Waals surface area (Å²) in [5.74, 6) is 4.97. The van der Waals surface area contributed by atoms with Crippen molar-refractivity contribution in [2.24, 2.45) is 0 Å². The molecule has 1 aliphatic rings. The van der Waals surface area contributed by atoms with Gasteiger partial charge in [0, 0.05) is 23.7 Å².